The zero-order chi connectivity index (χ0) is 11.8. The number of hydrogen-bond donors (Lipinski definition) is 1. The third kappa shape index (κ3) is 2.38. The molecule has 1 aromatic rings. The SMILES string of the molecule is CCC(O)(Cc1ccc(F)c(Cl)c1)C1CC1. The summed E-state index contributed by atoms with van der Waals surface area (Å²) in [5, 5.41) is 10.6. The summed E-state index contributed by atoms with van der Waals surface area (Å²) in [5.74, 6) is -0.00166. The van der Waals surface area contributed by atoms with Crippen molar-refractivity contribution in [2.45, 2.75) is 38.2 Å². The lowest BCUT2D eigenvalue weighted by Crippen LogP contribution is -2.33. The molecule has 1 N–H and O–H groups in total. The van der Waals surface area contributed by atoms with Crippen molar-refractivity contribution in [3.8, 4) is 0 Å². The molecule has 0 radical (unpaired) electrons. The van der Waals surface area contributed by atoms with E-state index in [1.54, 1.807) is 12.1 Å². The lowest BCUT2D eigenvalue weighted by Gasteiger charge is -2.27. The van der Waals surface area contributed by atoms with E-state index >= 15 is 0 Å². The van der Waals surface area contributed by atoms with Crippen LogP contribution in [-0.2, 0) is 6.42 Å². The molecule has 0 aliphatic heterocycles. The first kappa shape index (κ1) is 11.9. The van der Waals surface area contributed by atoms with Gasteiger partial charge >= 0.3 is 0 Å². The number of halogens is 2. The molecule has 1 aliphatic rings. The maximum Gasteiger partial charge on any atom is 0.141 e. The number of rotatable bonds is 4. The van der Waals surface area contributed by atoms with Crippen LogP contribution in [0.25, 0.3) is 0 Å². The van der Waals surface area contributed by atoms with Gasteiger partial charge in [-0.25, -0.2) is 4.39 Å². The second kappa shape index (κ2) is 4.34. The molecular formula is C13H16ClFO. The van der Waals surface area contributed by atoms with Crippen LogP contribution >= 0.6 is 11.6 Å². The van der Waals surface area contributed by atoms with Crippen LogP contribution in [-0.4, -0.2) is 10.7 Å². The molecule has 1 atom stereocenters. The molecule has 0 aromatic heterocycles. The smallest absolute Gasteiger partial charge is 0.141 e. The highest BCUT2D eigenvalue weighted by Gasteiger charge is 2.42. The summed E-state index contributed by atoms with van der Waals surface area (Å²) in [7, 11) is 0. The minimum Gasteiger partial charge on any atom is -0.389 e. The van der Waals surface area contributed by atoms with E-state index in [1.807, 2.05) is 6.92 Å². The highest BCUT2D eigenvalue weighted by molar-refractivity contribution is 6.30. The standard InChI is InChI=1S/C13H16ClFO/c1-2-13(16,10-4-5-10)8-9-3-6-12(15)11(14)7-9/h3,6-7,10,16H,2,4-5,8H2,1H3. The summed E-state index contributed by atoms with van der Waals surface area (Å²) >= 11 is 5.72. The molecule has 0 heterocycles. The predicted molar refractivity (Wildman–Crippen MR) is 63.1 cm³/mol. The highest BCUT2D eigenvalue weighted by Crippen LogP contribution is 2.43. The second-order valence-corrected chi connectivity index (χ2v) is 5.06. The summed E-state index contributed by atoms with van der Waals surface area (Å²) in [6.45, 7) is 1.99. The predicted octanol–water partition coefficient (Wildman–Crippen LogP) is 3.57. The number of benzene rings is 1. The Morgan fingerprint density at radius 3 is 2.69 bits per heavy atom. The maximum absolute atomic E-state index is 13.0. The second-order valence-electron chi connectivity index (χ2n) is 4.66. The topological polar surface area (TPSA) is 20.2 Å². The molecule has 3 heteroatoms. The summed E-state index contributed by atoms with van der Waals surface area (Å²) in [5.41, 5.74) is 0.267. The van der Waals surface area contributed by atoms with Crippen LogP contribution in [0.3, 0.4) is 0 Å². The normalized spacial score (nSPS) is 19.5. The molecule has 1 unspecified atom stereocenters. The van der Waals surface area contributed by atoms with Crippen molar-refractivity contribution in [2.24, 2.45) is 5.92 Å². The van der Waals surface area contributed by atoms with Gasteiger partial charge in [0.15, 0.2) is 0 Å². The van der Waals surface area contributed by atoms with Gasteiger partial charge < -0.3 is 5.11 Å². The Balaban J connectivity index is 2.15. The van der Waals surface area contributed by atoms with Gasteiger partial charge in [-0.2, -0.15) is 0 Å². The Bertz CT molecular complexity index is 390. The van der Waals surface area contributed by atoms with E-state index < -0.39 is 11.4 Å². The average molecular weight is 243 g/mol. The van der Waals surface area contributed by atoms with Gasteiger partial charge in [0.25, 0.3) is 0 Å². The van der Waals surface area contributed by atoms with Crippen molar-refractivity contribution in [3.63, 3.8) is 0 Å². The summed E-state index contributed by atoms with van der Waals surface area (Å²) < 4.78 is 13.0. The average Bonchev–Trinajstić information content (AvgIpc) is 3.07. The molecule has 2 rings (SSSR count). The van der Waals surface area contributed by atoms with E-state index in [1.165, 1.54) is 6.07 Å². The molecule has 1 fully saturated rings. The van der Waals surface area contributed by atoms with Crippen molar-refractivity contribution in [3.05, 3.63) is 34.6 Å². The van der Waals surface area contributed by atoms with Gasteiger partial charge in [0.05, 0.1) is 10.6 Å². The molecule has 88 valence electrons. The highest BCUT2D eigenvalue weighted by atomic mass is 35.5. The van der Waals surface area contributed by atoms with Crippen molar-refractivity contribution in [1.82, 2.24) is 0 Å². The minimum atomic E-state index is -0.638. The monoisotopic (exact) mass is 242 g/mol. The summed E-state index contributed by atoms with van der Waals surface area (Å²) in [6.07, 6.45) is 3.49. The van der Waals surface area contributed by atoms with Gasteiger partial charge in [0, 0.05) is 6.42 Å². The Kier molecular flexibility index (Phi) is 3.22. The largest absolute Gasteiger partial charge is 0.389 e. The Labute approximate surface area is 100 Å². The molecular weight excluding hydrogens is 227 g/mol. The lowest BCUT2D eigenvalue weighted by molar-refractivity contribution is 0.0139. The van der Waals surface area contributed by atoms with E-state index in [0.29, 0.717) is 12.3 Å². The maximum atomic E-state index is 13.0. The van der Waals surface area contributed by atoms with Crippen LogP contribution in [0.5, 0.6) is 0 Å². The molecule has 0 spiro atoms. The fourth-order valence-corrected chi connectivity index (χ4v) is 2.38. The first-order valence-electron chi connectivity index (χ1n) is 5.71. The van der Waals surface area contributed by atoms with Gasteiger partial charge in [-0.15, -0.1) is 0 Å². The van der Waals surface area contributed by atoms with E-state index in [0.717, 1.165) is 24.8 Å². The quantitative estimate of drug-likeness (QED) is 0.856. The fourth-order valence-electron chi connectivity index (χ4n) is 2.18. The minimum absolute atomic E-state index is 0.131. The van der Waals surface area contributed by atoms with Gasteiger partial charge in [-0.3, -0.25) is 0 Å². The van der Waals surface area contributed by atoms with Crippen LogP contribution in [0.2, 0.25) is 5.02 Å². The number of aliphatic hydroxyl groups is 1. The van der Waals surface area contributed by atoms with Crippen LogP contribution in [0.15, 0.2) is 18.2 Å². The third-order valence-corrected chi connectivity index (χ3v) is 3.73. The molecule has 16 heavy (non-hydrogen) atoms. The van der Waals surface area contributed by atoms with Crippen LogP contribution in [0, 0.1) is 11.7 Å². The molecule has 0 bridgehead atoms. The van der Waals surface area contributed by atoms with Gasteiger partial charge in [-0.1, -0.05) is 24.6 Å². The van der Waals surface area contributed by atoms with E-state index in [-0.39, 0.29) is 5.02 Å². The molecule has 1 aliphatic carbocycles. The van der Waals surface area contributed by atoms with Gasteiger partial charge in [0.1, 0.15) is 5.82 Å². The Morgan fingerprint density at radius 2 is 2.19 bits per heavy atom. The zero-order valence-corrected chi connectivity index (χ0v) is 10.1. The van der Waals surface area contributed by atoms with Crippen LogP contribution in [0.4, 0.5) is 4.39 Å². The summed E-state index contributed by atoms with van der Waals surface area (Å²) in [6, 6.07) is 4.67. The van der Waals surface area contributed by atoms with Crippen molar-refractivity contribution >= 4 is 11.6 Å². The first-order valence-corrected chi connectivity index (χ1v) is 6.09. The van der Waals surface area contributed by atoms with Crippen molar-refractivity contribution in [2.75, 3.05) is 0 Å². The first-order chi connectivity index (χ1) is 7.55. The van der Waals surface area contributed by atoms with E-state index in [4.69, 9.17) is 11.6 Å². The molecule has 1 saturated carbocycles. The third-order valence-electron chi connectivity index (χ3n) is 3.44. The fraction of sp³-hybridized carbons (Fsp3) is 0.538. The molecule has 1 aromatic carbocycles. The Morgan fingerprint density at radius 1 is 1.50 bits per heavy atom. The van der Waals surface area contributed by atoms with E-state index in [2.05, 4.69) is 0 Å². The lowest BCUT2D eigenvalue weighted by atomic mass is 9.87. The summed E-state index contributed by atoms with van der Waals surface area (Å²) in [4.78, 5) is 0. The molecule has 0 amide bonds. The number of hydrogen-bond acceptors (Lipinski definition) is 1. The van der Waals surface area contributed by atoms with Crippen LogP contribution < -0.4 is 0 Å². The van der Waals surface area contributed by atoms with Gasteiger partial charge in [-0.05, 0) is 42.9 Å². The zero-order valence-electron chi connectivity index (χ0n) is 9.34. The van der Waals surface area contributed by atoms with Crippen molar-refractivity contribution < 1.29 is 9.50 Å². The Hall–Kier alpha value is -0.600. The molecule has 1 nitrogen and oxygen atoms in total. The molecule has 0 saturated heterocycles. The van der Waals surface area contributed by atoms with E-state index in [9.17, 15) is 9.50 Å². The van der Waals surface area contributed by atoms with Gasteiger partial charge in [0.2, 0.25) is 0 Å². The van der Waals surface area contributed by atoms with Crippen molar-refractivity contribution in [1.29, 1.82) is 0 Å². The van der Waals surface area contributed by atoms with Crippen LogP contribution in [0.1, 0.15) is 31.7 Å².